The molecular weight excluding hydrogens is 260 g/mol. The number of carboxylic acid groups (broad SMARTS) is 1. The van der Waals surface area contributed by atoms with Gasteiger partial charge in [0.05, 0.1) is 26.7 Å². The van der Waals surface area contributed by atoms with Crippen molar-refractivity contribution in [2.75, 3.05) is 20.3 Å². The summed E-state index contributed by atoms with van der Waals surface area (Å²) in [6.45, 7) is 1.28. The van der Waals surface area contributed by atoms with Gasteiger partial charge in [-0.2, -0.15) is 0 Å². The van der Waals surface area contributed by atoms with E-state index < -0.39 is 5.97 Å². The Labute approximate surface area is 117 Å². The number of rotatable bonds is 3. The van der Waals surface area contributed by atoms with Gasteiger partial charge in [-0.3, -0.25) is 4.79 Å². The lowest BCUT2D eigenvalue weighted by Crippen LogP contribution is -2.19. The van der Waals surface area contributed by atoms with E-state index in [1.807, 2.05) is 0 Å². The van der Waals surface area contributed by atoms with Gasteiger partial charge in [0, 0.05) is 16.7 Å². The molecule has 0 fully saturated rings. The molecule has 2 heterocycles. The maximum Gasteiger partial charge on any atom is 0.307 e. The highest BCUT2D eigenvalue weighted by Gasteiger charge is 2.30. The molecule has 2 aliphatic rings. The Bertz CT molecular complexity index is 513. The molecule has 0 aliphatic carbocycles. The van der Waals surface area contributed by atoms with Gasteiger partial charge in [0.2, 0.25) is 0 Å². The van der Waals surface area contributed by atoms with Crippen LogP contribution in [0.3, 0.4) is 0 Å². The molecule has 20 heavy (non-hydrogen) atoms. The van der Waals surface area contributed by atoms with E-state index in [-0.39, 0.29) is 6.42 Å². The van der Waals surface area contributed by atoms with Crippen LogP contribution < -0.4 is 14.2 Å². The molecule has 3 rings (SSSR count). The smallest absolute Gasteiger partial charge is 0.307 e. The molecule has 108 valence electrons. The van der Waals surface area contributed by atoms with Crippen LogP contribution in [0.5, 0.6) is 17.2 Å². The summed E-state index contributed by atoms with van der Waals surface area (Å²) >= 11 is 0. The van der Waals surface area contributed by atoms with E-state index in [1.165, 1.54) is 0 Å². The van der Waals surface area contributed by atoms with Gasteiger partial charge < -0.3 is 19.3 Å². The number of hydrogen-bond donors (Lipinski definition) is 1. The van der Waals surface area contributed by atoms with Gasteiger partial charge in [0.25, 0.3) is 0 Å². The summed E-state index contributed by atoms with van der Waals surface area (Å²) in [6, 6.07) is 0. The van der Waals surface area contributed by atoms with E-state index in [2.05, 4.69) is 0 Å². The monoisotopic (exact) mass is 278 g/mol. The fourth-order valence-corrected chi connectivity index (χ4v) is 3.05. The highest BCUT2D eigenvalue weighted by molar-refractivity contribution is 5.75. The summed E-state index contributed by atoms with van der Waals surface area (Å²) in [5.41, 5.74) is 2.66. The quantitative estimate of drug-likeness (QED) is 0.915. The van der Waals surface area contributed by atoms with Gasteiger partial charge in [0.15, 0.2) is 11.5 Å². The Kier molecular flexibility index (Phi) is 3.42. The molecule has 0 atom stereocenters. The van der Waals surface area contributed by atoms with E-state index in [0.717, 1.165) is 53.9 Å². The average Bonchev–Trinajstić information content (AvgIpc) is 2.47. The van der Waals surface area contributed by atoms with Crippen LogP contribution in [0.2, 0.25) is 0 Å². The first kappa shape index (κ1) is 13.1. The minimum atomic E-state index is -0.848. The lowest BCUT2D eigenvalue weighted by atomic mass is 9.90. The van der Waals surface area contributed by atoms with Gasteiger partial charge in [-0.05, 0) is 25.7 Å². The van der Waals surface area contributed by atoms with Crippen LogP contribution in [0, 0.1) is 0 Å². The standard InChI is InChI=1S/C15H18O5/c1-18-14-10-5-3-6-19-13(10)11(8-12(16)17)9-4-2-7-20-15(9)14/h2-8H2,1H3,(H,16,17). The van der Waals surface area contributed by atoms with Crippen LogP contribution in [0.1, 0.15) is 29.5 Å². The molecule has 0 unspecified atom stereocenters. The molecule has 0 saturated heterocycles. The molecular formula is C15H18O5. The molecule has 0 amide bonds. The minimum Gasteiger partial charge on any atom is -0.493 e. The number of fused-ring (bicyclic) bond motifs is 2. The molecule has 0 spiro atoms. The third-order valence-electron chi connectivity index (χ3n) is 3.83. The highest BCUT2D eigenvalue weighted by atomic mass is 16.5. The number of ether oxygens (including phenoxy) is 3. The van der Waals surface area contributed by atoms with Crippen LogP contribution in [0.4, 0.5) is 0 Å². The molecule has 0 radical (unpaired) electrons. The molecule has 5 nitrogen and oxygen atoms in total. The first-order valence-electron chi connectivity index (χ1n) is 6.94. The predicted octanol–water partition coefficient (Wildman–Crippen LogP) is 1.97. The van der Waals surface area contributed by atoms with E-state index in [4.69, 9.17) is 19.3 Å². The van der Waals surface area contributed by atoms with E-state index >= 15 is 0 Å². The maximum atomic E-state index is 11.2. The van der Waals surface area contributed by atoms with Crippen molar-refractivity contribution in [1.29, 1.82) is 0 Å². The molecule has 1 aromatic rings. The first-order chi connectivity index (χ1) is 9.72. The zero-order valence-electron chi connectivity index (χ0n) is 11.5. The molecule has 0 aromatic heterocycles. The molecule has 5 heteroatoms. The van der Waals surface area contributed by atoms with Crippen molar-refractivity contribution in [2.24, 2.45) is 0 Å². The maximum absolute atomic E-state index is 11.2. The van der Waals surface area contributed by atoms with Gasteiger partial charge in [-0.15, -0.1) is 0 Å². The first-order valence-corrected chi connectivity index (χ1v) is 6.94. The predicted molar refractivity (Wildman–Crippen MR) is 72.0 cm³/mol. The second-order valence-corrected chi connectivity index (χ2v) is 5.10. The Morgan fingerprint density at radius 3 is 2.45 bits per heavy atom. The van der Waals surface area contributed by atoms with Crippen molar-refractivity contribution in [1.82, 2.24) is 0 Å². The molecule has 0 saturated carbocycles. The summed E-state index contributed by atoms with van der Waals surface area (Å²) < 4.78 is 17.0. The zero-order valence-corrected chi connectivity index (χ0v) is 11.5. The largest absolute Gasteiger partial charge is 0.493 e. The lowest BCUT2D eigenvalue weighted by Gasteiger charge is -2.29. The van der Waals surface area contributed by atoms with Crippen molar-refractivity contribution in [3.05, 3.63) is 16.7 Å². The zero-order chi connectivity index (χ0) is 14.1. The minimum absolute atomic E-state index is 0.0297. The molecule has 2 aliphatic heterocycles. The number of benzene rings is 1. The number of aliphatic carboxylic acids is 1. The number of methoxy groups -OCH3 is 1. The third-order valence-corrected chi connectivity index (χ3v) is 3.83. The summed E-state index contributed by atoms with van der Waals surface area (Å²) in [6.07, 6.45) is 3.42. The van der Waals surface area contributed by atoms with Gasteiger partial charge in [0.1, 0.15) is 5.75 Å². The van der Waals surface area contributed by atoms with Crippen molar-refractivity contribution in [2.45, 2.75) is 32.1 Å². The third kappa shape index (κ3) is 2.07. The van der Waals surface area contributed by atoms with Crippen molar-refractivity contribution >= 4 is 5.97 Å². The van der Waals surface area contributed by atoms with Crippen LogP contribution in [0.25, 0.3) is 0 Å². The van der Waals surface area contributed by atoms with Gasteiger partial charge in [-0.25, -0.2) is 0 Å². The number of carboxylic acids is 1. The van der Waals surface area contributed by atoms with E-state index in [9.17, 15) is 4.79 Å². The number of hydrogen-bond acceptors (Lipinski definition) is 4. The molecule has 0 bridgehead atoms. The second-order valence-electron chi connectivity index (χ2n) is 5.10. The lowest BCUT2D eigenvalue weighted by molar-refractivity contribution is -0.136. The second kappa shape index (κ2) is 5.23. The van der Waals surface area contributed by atoms with Crippen LogP contribution in [-0.4, -0.2) is 31.4 Å². The van der Waals surface area contributed by atoms with Crippen molar-refractivity contribution in [3.63, 3.8) is 0 Å². The Morgan fingerprint density at radius 2 is 1.80 bits per heavy atom. The average molecular weight is 278 g/mol. The Hall–Kier alpha value is -1.91. The van der Waals surface area contributed by atoms with Crippen LogP contribution in [0.15, 0.2) is 0 Å². The fourth-order valence-electron chi connectivity index (χ4n) is 3.05. The van der Waals surface area contributed by atoms with E-state index in [1.54, 1.807) is 7.11 Å². The van der Waals surface area contributed by atoms with Gasteiger partial charge >= 0.3 is 5.97 Å². The topological polar surface area (TPSA) is 65.0 Å². The normalized spacial score (nSPS) is 16.4. The highest BCUT2D eigenvalue weighted by Crippen LogP contribution is 2.48. The summed E-state index contributed by atoms with van der Waals surface area (Å²) in [7, 11) is 1.62. The van der Waals surface area contributed by atoms with Gasteiger partial charge in [-0.1, -0.05) is 0 Å². The summed E-state index contributed by atoms with van der Waals surface area (Å²) in [4.78, 5) is 11.2. The number of carbonyl (C=O) groups is 1. The summed E-state index contributed by atoms with van der Waals surface area (Å²) in [5, 5.41) is 9.17. The Balaban J connectivity index is 2.23. The fraction of sp³-hybridized carbons (Fsp3) is 0.533. The molecule has 1 aromatic carbocycles. The van der Waals surface area contributed by atoms with Crippen molar-refractivity contribution < 1.29 is 24.1 Å². The van der Waals surface area contributed by atoms with Crippen LogP contribution in [-0.2, 0) is 24.1 Å². The van der Waals surface area contributed by atoms with Crippen LogP contribution >= 0.6 is 0 Å². The SMILES string of the molecule is COc1c2c(c(CC(=O)O)c3c1OCCC3)OCCC2. The Morgan fingerprint density at radius 1 is 1.15 bits per heavy atom. The summed E-state index contributed by atoms with van der Waals surface area (Å²) in [5.74, 6) is 1.31. The van der Waals surface area contributed by atoms with Crippen molar-refractivity contribution in [3.8, 4) is 17.2 Å². The molecule has 1 N–H and O–H groups in total. The van der Waals surface area contributed by atoms with E-state index in [0.29, 0.717) is 19.0 Å².